The number of aliphatic imine (C=N–C) groups is 1. The van der Waals surface area contributed by atoms with Crippen LogP contribution >= 0.6 is 11.3 Å². The van der Waals surface area contributed by atoms with Gasteiger partial charge < -0.3 is 11.5 Å². The van der Waals surface area contributed by atoms with Crippen LogP contribution < -0.4 is 11.5 Å². The van der Waals surface area contributed by atoms with Crippen molar-refractivity contribution in [3.63, 3.8) is 0 Å². The fourth-order valence-corrected chi connectivity index (χ4v) is 1.56. The highest BCUT2D eigenvalue weighted by molar-refractivity contribution is 7.10. The van der Waals surface area contributed by atoms with Gasteiger partial charge in [0.2, 0.25) is 0 Å². The maximum Gasteiger partial charge on any atom is 0.186 e. The maximum atomic E-state index is 5.19. The first-order chi connectivity index (χ1) is 5.20. The van der Waals surface area contributed by atoms with E-state index in [1.54, 1.807) is 11.3 Å². The van der Waals surface area contributed by atoms with E-state index < -0.39 is 0 Å². The van der Waals surface area contributed by atoms with E-state index >= 15 is 0 Å². The average Bonchev–Trinajstić information content (AvgIpc) is 2.31. The van der Waals surface area contributed by atoms with E-state index in [0.717, 1.165) is 0 Å². The molecule has 0 fully saturated rings. The van der Waals surface area contributed by atoms with Gasteiger partial charge in [0.1, 0.15) is 0 Å². The highest BCUT2D eigenvalue weighted by Gasteiger charge is 1.96. The lowest BCUT2D eigenvalue weighted by Gasteiger charge is -1.93. The van der Waals surface area contributed by atoms with Crippen LogP contribution in [0, 0.1) is 6.92 Å². The van der Waals surface area contributed by atoms with Gasteiger partial charge in [-0.2, -0.15) is 0 Å². The standard InChI is InChI=1S/C7H11N3S/c1-5-2-3-11-6(5)4-10-7(8)9/h2-3H,4H2,1H3,(H4,8,9,10). The maximum absolute atomic E-state index is 5.19. The van der Waals surface area contributed by atoms with E-state index in [0.29, 0.717) is 6.54 Å². The molecule has 1 rings (SSSR count). The lowest BCUT2D eigenvalue weighted by atomic mass is 10.3. The molecule has 0 bridgehead atoms. The molecule has 1 heterocycles. The van der Waals surface area contributed by atoms with Gasteiger partial charge in [0.25, 0.3) is 0 Å². The van der Waals surface area contributed by atoms with Crippen molar-refractivity contribution in [1.29, 1.82) is 0 Å². The molecular formula is C7H11N3S. The molecule has 11 heavy (non-hydrogen) atoms. The Labute approximate surface area is 69.7 Å². The smallest absolute Gasteiger partial charge is 0.186 e. The molecule has 0 amide bonds. The Morgan fingerprint density at radius 3 is 2.82 bits per heavy atom. The van der Waals surface area contributed by atoms with Crippen LogP contribution in [0.2, 0.25) is 0 Å². The van der Waals surface area contributed by atoms with Crippen molar-refractivity contribution >= 4 is 17.3 Å². The Kier molecular flexibility index (Phi) is 2.48. The number of nitrogens with zero attached hydrogens (tertiary/aromatic N) is 1. The molecule has 0 aliphatic carbocycles. The van der Waals surface area contributed by atoms with Crippen LogP contribution in [-0.4, -0.2) is 5.96 Å². The Balaban J connectivity index is 2.65. The van der Waals surface area contributed by atoms with Crippen LogP contribution in [0.1, 0.15) is 10.4 Å². The van der Waals surface area contributed by atoms with E-state index in [9.17, 15) is 0 Å². The topological polar surface area (TPSA) is 64.4 Å². The van der Waals surface area contributed by atoms with Crippen molar-refractivity contribution in [3.05, 3.63) is 21.9 Å². The average molecular weight is 169 g/mol. The van der Waals surface area contributed by atoms with Crippen LogP contribution in [0.3, 0.4) is 0 Å². The van der Waals surface area contributed by atoms with Gasteiger partial charge in [-0.3, -0.25) is 0 Å². The summed E-state index contributed by atoms with van der Waals surface area (Å²) in [4.78, 5) is 5.13. The van der Waals surface area contributed by atoms with Crippen molar-refractivity contribution in [2.24, 2.45) is 16.5 Å². The Hall–Kier alpha value is -1.03. The summed E-state index contributed by atoms with van der Waals surface area (Å²) in [6.45, 7) is 2.65. The second-order valence-corrected chi connectivity index (χ2v) is 3.27. The minimum Gasteiger partial charge on any atom is -0.370 e. The molecule has 3 nitrogen and oxygen atoms in total. The number of hydrogen-bond donors (Lipinski definition) is 2. The van der Waals surface area contributed by atoms with Gasteiger partial charge in [0.05, 0.1) is 6.54 Å². The highest BCUT2D eigenvalue weighted by atomic mass is 32.1. The quantitative estimate of drug-likeness (QED) is 0.508. The molecule has 0 spiro atoms. The fourth-order valence-electron chi connectivity index (χ4n) is 0.729. The zero-order valence-corrected chi connectivity index (χ0v) is 7.19. The van der Waals surface area contributed by atoms with Gasteiger partial charge >= 0.3 is 0 Å². The normalized spacial score (nSPS) is 9.55. The van der Waals surface area contributed by atoms with Gasteiger partial charge in [-0.25, -0.2) is 4.99 Å². The number of thiophene rings is 1. The Morgan fingerprint density at radius 2 is 2.36 bits per heavy atom. The van der Waals surface area contributed by atoms with E-state index in [2.05, 4.69) is 11.1 Å². The number of nitrogens with two attached hydrogens (primary N) is 2. The first-order valence-electron chi connectivity index (χ1n) is 3.28. The lowest BCUT2D eigenvalue weighted by Crippen LogP contribution is -2.22. The van der Waals surface area contributed by atoms with Crippen molar-refractivity contribution in [3.8, 4) is 0 Å². The molecule has 0 unspecified atom stereocenters. The Bertz CT molecular complexity index is 260. The molecule has 0 atom stereocenters. The number of aryl methyl sites for hydroxylation is 1. The van der Waals surface area contributed by atoms with E-state index in [4.69, 9.17) is 11.5 Å². The minimum absolute atomic E-state index is 0.151. The second kappa shape index (κ2) is 3.39. The van der Waals surface area contributed by atoms with Crippen molar-refractivity contribution < 1.29 is 0 Å². The van der Waals surface area contributed by atoms with Gasteiger partial charge in [-0.15, -0.1) is 11.3 Å². The summed E-state index contributed by atoms with van der Waals surface area (Å²) in [5, 5.41) is 2.03. The first-order valence-corrected chi connectivity index (χ1v) is 4.16. The molecule has 0 saturated heterocycles. The second-order valence-electron chi connectivity index (χ2n) is 2.27. The summed E-state index contributed by atoms with van der Waals surface area (Å²) >= 11 is 1.67. The molecule has 1 aromatic heterocycles. The highest BCUT2D eigenvalue weighted by Crippen LogP contribution is 2.15. The predicted octanol–water partition coefficient (Wildman–Crippen LogP) is 0.830. The summed E-state index contributed by atoms with van der Waals surface area (Å²) in [6, 6.07) is 2.06. The van der Waals surface area contributed by atoms with Crippen LogP contribution in [0.15, 0.2) is 16.4 Å². The van der Waals surface area contributed by atoms with Gasteiger partial charge in [0.15, 0.2) is 5.96 Å². The third-order valence-corrected chi connectivity index (χ3v) is 2.38. The van der Waals surface area contributed by atoms with Crippen molar-refractivity contribution in [1.82, 2.24) is 0 Å². The van der Waals surface area contributed by atoms with Gasteiger partial charge in [0, 0.05) is 4.88 Å². The summed E-state index contributed by atoms with van der Waals surface area (Å²) < 4.78 is 0. The summed E-state index contributed by atoms with van der Waals surface area (Å²) in [5.74, 6) is 0.151. The van der Waals surface area contributed by atoms with Crippen molar-refractivity contribution in [2.75, 3.05) is 0 Å². The largest absolute Gasteiger partial charge is 0.370 e. The fraction of sp³-hybridized carbons (Fsp3) is 0.286. The number of hydrogen-bond acceptors (Lipinski definition) is 2. The van der Waals surface area contributed by atoms with Crippen LogP contribution in [-0.2, 0) is 6.54 Å². The van der Waals surface area contributed by atoms with Crippen LogP contribution in [0.4, 0.5) is 0 Å². The monoisotopic (exact) mass is 169 g/mol. The summed E-state index contributed by atoms with van der Waals surface area (Å²) in [6.07, 6.45) is 0. The lowest BCUT2D eigenvalue weighted by molar-refractivity contribution is 1.07. The minimum atomic E-state index is 0.151. The van der Waals surface area contributed by atoms with Crippen molar-refractivity contribution in [2.45, 2.75) is 13.5 Å². The molecule has 0 aliphatic rings. The number of rotatable bonds is 2. The molecule has 0 radical (unpaired) electrons. The number of guanidine groups is 1. The third-order valence-electron chi connectivity index (χ3n) is 1.37. The predicted molar refractivity (Wildman–Crippen MR) is 48.6 cm³/mol. The molecule has 1 aromatic rings. The zero-order chi connectivity index (χ0) is 8.27. The van der Waals surface area contributed by atoms with Gasteiger partial charge in [-0.05, 0) is 23.9 Å². The zero-order valence-electron chi connectivity index (χ0n) is 6.37. The molecule has 60 valence electrons. The van der Waals surface area contributed by atoms with E-state index in [1.807, 2.05) is 12.3 Å². The van der Waals surface area contributed by atoms with E-state index in [1.165, 1.54) is 10.4 Å². The third kappa shape index (κ3) is 2.23. The SMILES string of the molecule is Cc1ccsc1CN=C(N)N. The summed E-state index contributed by atoms with van der Waals surface area (Å²) in [7, 11) is 0. The summed E-state index contributed by atoms with van der Waals surface area (Å²) in [5.41, 5.74) is 11.6. The molecular weight excluding hydrogens is 158 g/mol. The molecule has 0 saturated carbocycles. The Morgan fingerprint density at radius 1 is 1.64 bits per heavy atom. The molecule has 4 N–H and O–H groups in total. The first kappa shape index (κ1) is 8.07. The van der Waals surface area contributed by atoms with Crippen LogP contribution in [0.5, 0.6) is 0 Å². The van der Waals surface area contributed by atoms with Gasteiger partial charge in [-0.1, -0.05) is 0 Å². The molecule has 4 heteroatoms. The van der Waals surface area contributed by atoms with E-state index in [-0.39, 0.29) is 5.96 Å². The molecule has 0 aliphatic heterocycles. The molecule has 0 aromatic carbocycles. The van der Waals surface area contributed by atoms with Crippen LogP contribution in [0.25, 0.3) is 0 Å².